The van der Waals surface area contributed by atoms with Gasteiger partial charge in [0.25, 0.3) is 15.9 Å². The van der Waals surface area contributed by atoms with Crippen LogP contribution >= 0.6 is 0 Å². The Labute approximate surface area is 176 Å². The van der Waals surface area contributed by atoms with E-state index in [1.165, 1.54) is 12.1 Å². The maximum Gasteiger partial charge on any atom is 0.287 e. The molecule has 3 rings (SSSR count). The molecule has 0 spiro atoms. The summed E-state index contributed by atoms with van der Waals surface area (Å²) < 4.78 is 32.5. The number of carbonyl (C=O) groups is 1. The van der Waals surface area contributed by atoms with Gasteiger partial charge in [-0.3, -0.25) is 4.79 Å². The van der Waals surface area contributed by atoms with Crippen molar-refractivity contribution >= 4 is 15.9 Å². The van der Waals surface area contributed by atoms with Crippen LogP contribution in [0.4, 0.5) is 0 Å². The fourth-order valence-corrected chi connectivity index (χ4v) is 4.26. The molecular weight excluding hydrogens is 404 g/mol. The minimum absolute atomic E-state index is 0.0856. The highest BCUT2D eigenvalue weighted by molar-refractivity contribution is 7.89. The quantitative estimate of drug-likeness (QED) is 0.529. The van der Waals surface area contributed by atoms with E-state index in [4.69, 9.17) is 4.42 Å². The third kappa shape index (κ3) is 5.17. The number of imidazole rings is 1. The number of nitrogens with zero attached hydrogens (tertiary/aromatic N) is 1. The summed E-state index contributed by atoms with van der Waals surface area (Å²) in [5, 5.41) is 2.53. The predicted octanol–water partition coefficient (Wildman–Crippen LogP) is 3.63. The average molecular weight is 431 g/mol. The fraction of sp³-hybridized carbons (Fsp3) is 0.333. The third-order valence-electron chi connectivity index (χ3n) is 4.23. The van der Waals surface area contributed by atoms with E-state index in [1.54, 1.807) is 27.0 Å². The Kier molecular flexibility index (Phi) is 6.14. The van der Waals surface area contributed by atoms with E-state index in [0.29, 0.717) is 12.2 Å². The number of hydrogen-bond acceptors (Lipinski definition) is 5. The van der Waals surface area contributed by atoms with Crippen LogP contribution in [0.15, 0.2) is 58.2 Å². The van der Waals surface area contributed by atoms with Gasteiger partial charge in [-0.15, -0.1) is 0 Å². The number of aromatic amines is 1. The molecule has 1 unspecified atom stereocenters. The normalized spacial score (nSPS) is 13.2. The maximum absolute atomic E-state index is 12.6. The molecule has 8 nitrogen and oxygen atoms in total. The van der Waals surface area contributed by atoms with Gasteiger partial charge in [0, 0.05) is 5.54 Å². The number of carbonyl (C=O) groups excluding carboxylic acids is 1. The van der Waals surface area contributed by atoms with Crippen LogP contribution < -0.4 is 10.0 Å². The molecule has 0 saturated heterocycles. The van der Waals surface area contributed by atoms with E-state index in [1.807, 2.05) is 37.3 Å². The lowest BCUT2D eigenvalue weighted by molar-refractivity contribution is 0.0900. The first-order valence-electron chi connectivity index (χ1n) is 9.64. The minimum atomic E-state index is -3.86. The van der Waals surface area contributed by atoms with Crippen molar-refractivity contribution in [3.05, 3.63) is 60.2 Å². The molecule has 0 aliphatic carbocycles. The van der Waals surface area contributed by atoms with E-state index < -0.39 is 21.5 Å². The molecule has 0 fully saturated rings. The second-order valence-electron chi connectivity index (χ2n) is 7.96. The Morgan fingerprint density at radius 3 is 2.50 bits per heavy atom. The van der Waals surface area contributed by atoms with Crippen molar-refractivity contribution < 1.29 is 17.6 Å². The number of hydrogen-bond donors (Lipinski definition) is 3. The Bertz CT molecular complexity index is 1110. The van der Waals surface area contributed by atoms with E-state index >= 15 is 0 Å². The second kappa shape index (κ2) is 8.45. The van der Waals surface area contributed by atoms with Crippen LogP contribution in [0.1, 0.15) is 56.5 Å². The van der Waals surface area contributed by atoms with Crippen molar-refractivity contribution in [3.8, 4) is 11.3 Å². The lowest BCUT2D eigenvalue weighted by atomic mass is 10.1. The molecule has 3 N–H and O–H groups in total. The molecular formula is C21H26N4O4S. The highest BCUT2D eigenvalue weighted by Crippen LogP contribution is 2.22. The molecule has 160 valence electrons. The zero-order valence-corrected chi connectivity index (χ0v) is 18.2. The molecule has 0 saturated carbocycles. The van der Waals surface area contributed by atoms with Gasteiger partial charge < -0.3 is 14.7 Å². The Morgan fingerprint density at radius 2 is 1.87 bits per heavy atom. The van der Waals surface area contributed by atoms with Gasteiger partial charge in [-0.05, 0) is 44.9 Å². The summed E-state index contributed by atoms with van der Waals surface area (Å²) in [5.41, 5.74) is 1.17. The summed E-state index contributed by atoms with van der Waals surface area (Å²) in [6.07, 6.45) is 2.31. The fourth-order valence-electron chi connectivity index (χ4n) is 2.91. The van der Waals surface area contributed by atoms with Crippen molar-refractivity contribution in [3.63, 3.8) is 0 Å². The zero-order chi connectivity index (χ0) is 21.9. The van der Waals surface area contributed by atoms with Crippen LogP contribution in [-0.4, -0.2) is 29.8 Å². The first-order chi connectivity index (χ1) is 14.1. The Balaban J connectivity index is 1.74. The van der Waals surface area contributed by atoms with Gasteiger partial charge in [0.2, 0.25) is 5.09 Å². The van der Waals surface area contributed by atoms with Gasteiger partial charge >= 0.3 is 0 Å². The van der Waals surface area contributed by atoms with E-state index in [9.17, 15) is 13.2 Å². The number of sulfonamides is 1. The molecule has 1 aromatic carbocycles. The molecule has 1 amide bonds. The van der Waals surface area contributed by atoms with Crippen molar-refractivity contribution in [1.29, 1.82) is 0 Å². The largest absolute Gasteiger partial charge is 0.438 e. The lowest BCUT2D eigenvalue weighted by Crippen LogP contribution is -2.40. The highest BCUT2D eigenvalue weighted by atomic mass is 32.2. The second-order valence-corrected chi connectivity index (χ2v) is 9.57. The number of rotatable bonds is 7. The van der Waals surface area contributed by atoms with E-state index in [-0.39, 0.29) is 16.9 Å². The van der Waals surface area contributed by atoms with Crippen LogP contribution in [0.3, 0.4) is 0 Å². The van der Waals surface area contributed by atoms with Gasteiger partial charge in [-0.25, -0.2) is 18.1 Å². The number of aromatic nitrogens is 2. The molecule has 2 heterocycles. The summed E-state index contributed by atoms with van der Waals surface area (Å²) in [5.74, 6) is 0.00722. The third-order valence-corrected chi connectivity index (χ3v) is 5.86. The standard InChI is InChI=1S/C21H26N4O4S/c1-5-15(19-22-13-16(23-19)14-9-7-6-8-10-14)24-20(26)17-11-12-18(29-17)30(27,28)25-21(2,3)4/h6-13,15,25H,5H2,1-4H3,(H,22,23)(H,24,26). The summed E-state index contributed by atoms with van der Waals surface area (Å²) in [7, 11) is -3.86. The molecule has 3 aromatic rings. The molecule has 0 aliphatic heterocycles. The number of H-pyrrole nitrogens is 1. The molecule has 0 bridgehead atoms. The number of furan rings is 1. The minimum Gasteiger partial charge on any atom is -0.438 e. The number of amides is 1. The maximum atomic E-state index is 12.6. The van der Waals surface area contributed by atoms with E-state index in [0.717, 1.165) is 11.3 Å². The molecule has 9 heteroatoms. The van der Waals surface area contributed by atoms with Crippen LogP contribution in [-0.2, 0) is 10.0 Å². The molecule has 1 atom stereocenters. The molecule has 0 radical (unpaired) electrons. The monoisotopic (exact) mass is 430 g/mol. The summed E-state index contributed by atoms with van der Waals surface area (Å²) in [6.45, 7) is 7.08. The van der Waals surface area contributed by atoms with E-state index in [2.05, 4.69) is 20.0 Å². The highest BCUT2D eigenvalue weighted by Gasteiger charge is 2.27. The lowest BCUT2D eigenvalue weighted by Gasteiger charge is -2.19. The van der Waals surface area contributed by atoms with Gasteiger partial charge in [0.15, 0.2) is 5.76 Å². The van der Waals surface area contributed by atoms with Gasteiger partial charge in [-0.1, -0.05) is 37.3 Å². The van der Waals surface area contributed by atoms with Gasteiger partial charge in [0.1, 0.15) is 5.82 Å². The van der Waals surface area contributed by atoms with Gasteiger partial charge in [-0.2, -0.15) is 0 Å². The first kappa shape index (κ1) is 21.8. The average Bonchev–Trinajstić information content (AvgIpc) is 3.35. The summed E-state index contributed by atoms with van der Waals surface area (Å²) >= 11 is 0. The van der Waals surface area contributed by atoms with Crippen molar-refractivity contribution in [2.75, 3.05) is 0 Å². The number of benzene rings is 1. The van der Waals surface area contributed by atoms with Crippen LogP contribution in [0.2, 0.25) is 0 Å². The first-order valence-corrected chi connectivity index (χ1v) is 11.1. The summed E-state index contributed by atoms with van der Waals surface area (Å²) in [6, 6.07) is 12.0. The van der Waals surface area contributed by atoms with Crippen LogP contribution in [0.25, 0.3) is 11.3 Å². The molecule has 2 aromatic heterocycles. The Morgan fingerprint density at radius 1 is 1.17 bits per heavy atom. The molecule has 0 aliphatic rings. The zero-order valence-electron chi connectivity index (χ0n) is 17.4. The van der Waals surface area contributed by atoms with Crippen molar-refractivity contribution in [2.24, 2.45) is 0 Å². The van der Waals surface area contributed by atoms with Crippen LogP contribution in [0.5, 0.6) is 0 Å². The smallest absolute Gasteiger partial charge is 0.287 e. The molecule has 30 heavy (non-hydrogen) atoms. The van der Waals surface area contributed by atoms with Crippen LogP contribution in [0, 0.1) is 0 Å². The van der Waals surface area contributed by atoms with Crippen molar-refractivity contribution in [1.82, 2.24) is 20.0 Å². The predicted molar refractivity (Wildman–Crippen MR) is 113 cm³/mol. The SMILES string of the molecule is CCC(NC(=O)c1ccc(S(=O)(=O)NC(C)(C)C)o1)c1ncc(-c2ccccc2)[nH]1. The van der Waals surface area contributed by atoms with Crippen molar-refractivity contribution in [2.45, 2.75) is 50.8 Å². The number of nitrogens with one attached hydrogen (secondary N) is 3. The Hall–Kier alpha value is -2.91. The summed E-state index contributed by atoms with van der Waals surface area (Å²) in [4.78, 5) is 20.2. The topological polar surface area (TPSA) is 117 Å². The van der Waals surface area contributed by atoms with Gasteiger partial charge in [0.05, 0.1) is 17.9 Å².